The van der Waals surface area contributed by atoms with E-state index in [9.17, 15) is 18.0 Å². The highest BCUT2D eigenvalue weighted by Crippen LogP contribution is 2.31. The van der Waals surface area contributed by atoms with Crippen LogP contribution in [0.15, 0.2) is 71.6 Å². The molecule has 3 aromatic rings. The lowest BCUT2D eigenvalue weighted by Gasteiger charge is -2.32. The van der Waals surface area contributed by atoms with E-state index in [1.165, 1.54) is 17.0 Å². The maximum atomic E-state index is 14.0. The Labute approximate surface area is 243 Å². The zero-order chi connectivity index (χ0) is 29.6. The fraction of sp³-hybridized carbons (Fsp3) is 0.355. The first-order valence-electron chi connectivity index (χ1n) is 13.3. The smallest absolute Gasteiger partial charge is 0.264 e. The van der Waals surface area contributed by atoms with Gasteiger partial charge in [0.25, 0.3) is 10.0 Å². The van der Waals surface area contributed by atoms with Gasteiger partial charge < -0.3 is 10.2 Å². The lowest BCUT2D eigenvalue weighted by molar-refractivity contribution is -0.139. The van der Waals surface area contributed by atoms with Crippen molar-refractivity contribution in [1.29, 1.82) is 0 Å². The number of rotatable bonds is 11. The molecule has 2 amide bonds. The van der Waals surface area contributed by atoms with Crippen LogP contribution < -0.4 is 9.62 Å². The summed E-state index contributed by atoms with van der Waals surface area (Å²) in [6.07, 6.45) is 0. The van der Waals surface area contributed by atoms with E-state index in [0.29, 0.717) is 22.8 Å². The number of anilines is 1. The highest BCUT2D eigenvalue weighted by atomic mass is 35.5. The molecular formula is C31H38ClN3O4S. The van der Waals surface area contributed by atoms with Crippen molar-refractivity contribution in [3.05, 3.63) is 94.0 Å². The number of sulfonamides is 1. The summed E-state index contributed by atoms with van der Waals surface area (Å²) in [7, 11) is -4.16. The Kier molecular flexibility index (Phi) is 10.4. The van der Waals surface area contributed by atoms with Crippen molar-refractivity contribution in [3.63, 3.8) is 0 Å². The molecule has 0 saturated carbocycles. The molecule has 0 heterocycles. The minimum atomic E-state index is -4.16. The molecule has 1 N–H and O–H groups in total. The molecule has 3 rings (SSSR count). The van der Waals surface area contributed by atoms with Crippen LogP contribution in [0.2, 0.25) is 5.02 Å². The molecule has 3 aromatic carbocycles. The summed E-state index contributed by atoms with van der Waals surface area (Å²) in [6, 6.07) is 18.2. The molecule has 0 bridgehead atoms. The molecule has 1 atom stereocenters. The third-order valence-electron chi connectivity index (χ3n) is 6.68. The maximum Gasteiger partial charge on any atom is 0.264 e. The number of carbonyl (C=O) groups is 2. The van der Waals surface area contributed by atoms with Crippen molar-refractivity contribution >= 4 is 39.1 Å². The Morgan fingerprint density at radius 2 is 1.55 bits per heavy atom. The Bertz CT molecular complexity index is 1460. The molecule has 0 saturated heterocycles. The Hall–Kier alpha value is -3.36. The Balaban J connectivity index is 2.06. The molecule has 40 heavy (non-hydrogen) atoms. The van der Waals surface area contributed by atoms with Crippen LogP contribution in [0.4, 0.5) is 5.69 Å². The van der Waals surface area contributed by atoms with Gasteiger partial charge in [0.2, 0.25) is 11.8 Å². The average Bonchev–Trinajstić information content (AvgIpc) is 2.90. The van der Waals surface area contributed by atoms with Crippen LogP contribution in [0.5, 0.6) is 0 Å². The third-order valence-corrected chi connectivity index (χ3v) is 8.87. The lowest BCUT2D eigenvalue weighted by Crippen LogP contribution is -2.51. The molecule has 0 aliphatic carbocycles. The summed E-state index contributed by atoms with van der Waals surface area (Å²) < 4.78 is 29.1. The molecular weight excluding hydrogens is 546 g/mol. The summed E-state index contributed by atoms with van der Waals surface area (Å²) in [4.78, 5) is 28.6. The Morgan fingerprint density at radius 1 is 0.900 bits per heavy atom. The fourth-order valence-corrected chi connectivity index (χ4v) is 5.90. The van der Waals surface area contributed by atoms with Gasteiger partial charge in [0.05, 0.1) is 10.6 Å². The van der Waals surface area contributed by atoms with Crippen molar-refractivity contribution in [1.82, 2.24) is 10.2 Å². The Morgan fingerprint density at radius 3 is 2.17 bits per heavy atom. The first-order valence-corrected chi connectivity index (χ1v) is 15.1. The SMILES string of the molecule is Cc1ccc(S(=O)(=O)N(CC(=O)N(Cc2cccc(C)c2)C(C)C(=O)NCC(C)C)c2cccc(Cl)c2C)cc1. The maximum absolute atomic E-state index is 14.0. The fourth-order valence-electron chi connectivity index (χ4n) is 4.26. The van der Waals surface area contributed by atoms with Gasteiger partial charge in [0.15, 0.2) is 0 Å². The first kappa shape index (κ1) is 31.2. The van der Waals surface area contributed by atoms with Crippen LogP contribution in [0.25, 0.3) is 0 Å². The van der Waals surface area contributed by atoms with Crippen LogP contribution in [-0.2, 0) is 26.2 Å². The number of aryl methyl sites for hydroxylation is 2. The van der Waals surface area contributed by atoms with Gasteiger partial charge in [-0.2, -0.15) is 0 Å². The van der Waals surface area contributed by atoms with E-state index in [4.69, 9.17) is 11.6 Å². The molecule has 0 fully saturated rings. The lowest BCUT2D eigenvalue weighted by atomic mass is 10.1. The van der Waals surface area contributed by atoms with Gasteiger partial charge in [0, 0.05) is 18.1 Å². The molecule has 0 radical (unpaired) electrons. The van der Waals surface area contributed by atoms with E-state index in [1.54, 1.807) is 44.2 Å². The minimum Gasteiger partial charge on any atom is -0.354 e. The first-order chi connectivity index (χ1) is 18.8. The zero-order valence-corrected chi connectivity index (χ0v) is 25.5. The highest BCUT2D eigenvalue weighted by molar-refractivity contribution is 7.92. The topological polar surface area (TPSA) is 86.8 Å². The van der Waals surface area contributed by atoms with Crippen molar-refractivity contribution in [2.75, 3.05) is 17.4 Å². The van der Waals surface area contributed by atoms with E-state index < -0.39 is 28.5 Å². The average molecular weight is 584 g/mol. The molecule has 9 heteroatoms. The van der Waals surface area contributed by atoms with E-state index in [1.807, 2.05) is 52.0 Å². The van der Waals surface area contributed by atoms with Crippen molar-refractivity contribution in [3.8, 4) is 0 Å². The second-order valence-electron chi connectivity index (χ2n) is 10.5. The number of halogens is 1. The van der Waals surface area contributed by atoms with Gasteiger partial charge in [-0.3, -0.25) is 13.9 Å². The molecule has 0 aliphatic heterocycles. The van der Waals surface area contributed by atoms with E-state index in [0.717, 1.165) is 21.0 Å². The van der Waals surface area contributed by atoms with Crippen LogP contribution in [0, 0.1) is 26.7 Å². The molecule has 0 spiro atoms. The number of hydrogen-bond donors (Lipinski definition) is 1. The van der Waals surface area contributed by atoms with Gasteiger partial charge >= 0.3 is 0 Å². The molecule has 0 aromatic heterocycles. The predicted octanol–water partition coefficient (Wildman–Crippen LogP) is 5.65. The largest absolute Gasteiger partial charge is 0.354 e. The van der Waals surface area contributed by atoms with E-state index in [-0.39, 0.29) is 23.3 Å². The van der Waals surface area contributed by atoms with Gasteiger partial charge in [0.1, 0.15) is 12.6 Å². The summed E-state index contributed by atoms with van der Waals surface area (Å²) in [5, 5.41) is 3.28. The van der Waals surface area contributed by atoms with Gasteiger partial charge in [-0.25, -0.2) is 8.42 Å². The van der Waals surface area contributed by atoms with Crippen molar-refractivity contribution < 1.29 is 18.0 Å². The minimum absolute atomic E-state index is 0.0539. The number of nitrogens with zero attached hydrogens (tertiary/aromatic N) is 2. The molecule has 1 unspecified atom stereocenters. The molecule has 7 nitrogen and oxygen atoms in total. The van der Waals surface area contributed by atoms with Gasteiger partial charge in [-0.15, -0.1) is 0 Å². The number of hydrogen-bond acceptors (Lipinski definition) is 4. The second-order valence-corrected chi connectivity index (χ2v) is 12.8. The van der Waals surface area contributed by atoms with Crippen LogP contribution in [0.1, 0.15) is 43.0 Å². The van der Waals surface area contributed by atoms with E-state index >= 15 is 0 Å². The monoisotopic (exact) mass is 583 g/mol. The molecule has 214 valence electrons. The summed E-state index contributed by atoms with van der Waals surface area (Å²) in [5.74, 6) is -0.580. The molecule has 0 aliphatic rings. The number of carbonyl (C=O) groups excluding carboxylic acids is 2. The predicted molar refractivity (Wildman–Crippen MR) is 161 cm³/mol. The van der Waals surface area contributed by atoms with Crippen LogP contribution in [0.3, 0.4) is 0 Å². The zero-order valence-electron chi connectivity index (χ0n) is 23.9. The summed E-state index contributed by atoms with van der Waals surface area (Å²) in [5.41, 5.74) is 3.59. The summed E-state index contributed by atoms with van der Waals surface area (Å²) in [6.45, 7) is 11.3. The van der Waals surface area contributed by atoms with E-state index in [2.05, 4.69) is 5.32 Å². The highest BCUT2D eigenvalue weighted by Gasteiger charge is 2.33. The number of nitrogens with one attached hydrogen (secondary N) is 1. The standard InChI is InChI=1S/C31H38ClN3O4S/c1-21(2)18-33-31(37)25(6)34(19-26-10-7-9-23(4)17-26)30(36)20-35(29-12-8-11-28(32)24(29)5)40(38,39)27-15-13-22(3)14-16-27/h7-17,21,25H,18-20H2,1-6H3,(H,33,37). The van der Waals surface area contributed by atoms with Crippen LogP contribution in [-0.4, -0.2) is 44.3 Å². The normalized spacial score (nSPS) is 12.2. The number of benzene rings is 3. The van der Waals surface area contributed by atoms with Crippen LogP contribution >= 0.6 is 11.6 Å². The quantitative estimate of drug-likeness (QED) is 0.316. The van der Waals surface area contributed by atoms with Gasteiger partial charge in [-0.05, 0) is 69.0 Å². The van der Waals surface area contributed by atoms with Gasteiger partial charge in [-0.1, -0.05) is 79.0 Å². The summed E-state index contributed by atoms with van der Waals surface area (Å²) >= 11 is 6.38. The van der Waals surface area contributed by atoms with Crippen molar-refractivity contribution in [2.24, 2.45) is 5.92 Å². The van der Waals surface area contributed by atoms with Crippen molar-refractivity contribution in [2.45, 2.75) is 59.0 Å². The third kappa shape index (κ3) is 7.64. The second kappa shape index (κ2) is 13.3. The number of amides is 2.